The Morgan fingerprint density at radius 1 is 1.24 bits per heavy atom. The summed E-state index contributed by atoms with van der Waals surface area (Å²) in [7, 11) is 1.39. The van der Waals surface area contributed by atoms with Crippen LogP contribution in [0.3, 0.4) is 0 Å². The van der Waals surface area contributed by atoms with Gasteiger partial charge in [-0.2, -0.15) is 13.2 Å². The lowest BCUT2D eigenvalue weighted by Gasteiger charge is -2.22. The number of alkyl halides is 3. The van der Waals surface area contributed by atoms with Crippen LogP contribution in [0.15, 0.2) is 35.3 Å². The van der Waals surface area contributed by atoms with Gasteiger partial charge in [0, 0.05) is 18.2 Å². The number of aliphatic imine (C=N–C) groups is 1. The lowest BCUT2D eigenvalue weighted by molar-refractivity contribution is -0.167. The van der Waals surface area contributed by atoms with Crippen LogP contribution in [0.4, 0.5) is 28.9 Å². The minimum atomic E-state index is -5.19. The number of rotatable bonds is 2. The Bertz CT molecular complexity index is 1050. The van der Waals surface area contributed by atoms with E-state index in [-0.39, 0.29) is 34.1 Å². The van der Waals surface area contributed by atoms with E-state index in [9.17, 15) is 27.2 Å². The first-order valence-corrected chi connectivity index (χ1v) is 8.74. The van der Waals surface area contributed by atoms with Gasteiger partial charge in [-0.15, -0.1) is 0 Å². The Labute approximate surface area is 171 Å². The average Bonchev–Trinajstić information content (AvgIpc) is 2.76. The molecule has 1 aliphatic heterocycles. The number of carbonyl (C=O) groups excluding carboxylic acids is 2. The molecule has 0 atom stereocenters. The molecule has 0 unspecified atom stereocenters. The van der Waals surface area contributed by atoms with Crippen molar-refractivity contribution in [1.29, 1.82) is 0 Å². The third kappa shape index (κ3) is 3.92. The maximum absolute atomic E-state index is 14.4. The molecule has 0 saturated heterocycles. The first-order chi connectivity index (χ1) is 13.5. The number of anilines is 2. The lowest BCUT2D eigenvalue weighted by Crippen LogP contribution is -2.31. The Morgan fingerprint density at radius 3 is 2.52 bits per heavy atom. The van der Waals surface area contributed by atoms with E-state index in [0.29, 0.717) is 0 Å². The van der Waals surface area contributed by atoms with Gasteiger partial charge in [0.2, 0.25) is 5.91 Å². The molecule has 1 aliphatic rings. The van der Waals surface area contributed by atoms with Gasteiger partial charge in [-0.1, -0.05) is 35.3 Å². The monoisotopic (exact) mass is 447 g/mol. The van der Waals surface area contributed by atoms with Gasteiger partial charge in [0.15, 0.2) is 0 Å². The molecule has 0 bridgehead atoms. The van der Waals surface area contributed by atoms with Crippen molar-refractivity contribution in [2.45, 2.75) is 6.18 Å². The summed E-state index contributed by atoms with van der Waals surface area (Å²) in [5.41, 5.74) is -0.531. The zero-order valence-corrected chi connectivity index (χ0v) is 16.1. The summed E-state index contributed by atoms with van der Waals surface area (Å²) in [5.74, 6) is -3.44. The molecule has 5 nitrogen and oxygen atoms in total. The second kappa shape index (κ2) is 7.64. The van der Waals surface area contributed by atoms with Gasteiger partial charge in [0.25, 0.3) is 0 Å². The second-order valence-electron chi connectivity index (χ2n) is 5.99. The van der Waals surface area contributed by atoms with Gasteiger partial charge in [-0.3, -0.25) is 14.6 Å². The summed E-state index contributed by atoms with van der Waals surface area (Å²) in [6.45, 7) is -0.354. The fourth-order valence-electron chi connectivity index (χ4n) is 2.73. The first-order valence-electron chi connectivity index (χ1n) is 7.98. The van der Waals surface area contributed by atoms with Crippen LogP contribution in [0, 0.1) is 5.82 Å². The Balaban J connectivity index is 2.28. The predicted molar refractivity (Wildman–Crippen MR) is 101 cm³/mol. The number of likely N-dealkylation sites (N-methyl/N-ethyl adjacent to an activating group) is 1. The van der Waals surface area contributed by atoms with E-state index in [1.165, 1.54) is 25.2 Å². The number of halogens is 6. The van der Waals surface area contributed by atoms with Crippen LogP contribution < -0.4 is 10.2 Å². The van der Waals surface area contributed by atoms with Gasteiger partial charge in [-0.25, -0.2) is 4.39 Å². The molecule has 1 heterocycles. The summed E-state index contributed by atoms with van der Waals surface area (Å²) >= 11 is 12.3. The molecule has 11 heteroatoms. The summed E-state index contributed by atoms with van der Waals surface area (Å²) in [4.78, 5) is 28.9. The van der Waals surface area contributed by atoms with Gasteiger partial charge in [-0.05, 0) is 18.2 Å². The number of amides is 2. The van der Waals surface area contributed by atoms with Crippen LogP contribution in [0.5, 0.6) is 0 Å². The molecule has 29 heavy (non-hydrogen) atoms. The van der Waals surface area contributed by atoms with E-state index < -0.39 is 34.5 Å². The van der Waals surface area contributed by atoms with Gasteiger partial charge >= 0.3 is 12.1 Å². The highest BCUT2D eigenvalue weighted by Gasteiger charge is 2.40. The SMILES string of the molecule is CN1C(=O)CN=C(c2ccccc2F)c2c1cc(Cl)c(NC(=O)C(F)(F)F)c2Cl. The quantitative estimate of drug-likeness (QED) is 0.691. The third-order valence-electron chi connectivity index (χ3n) is 4.17. The molecule has 0 fully saturated rings. The number of hydrogen-bond donors (Lipinski definition) is 1. The molecule has 3 rings (SSSR count). The number of fused-ring (bicyclic) bond motifs is 1. The highest BCUT2D eigenvalue weighted by atomic mass is 35.5. The van der Waals surface area contributed by atoms with Gasteiger partial charge in [0.05, 0.1) is 27.1 Å². The maximum atomic E-state index is 14.4. The minimum Gasteiger partial charge on any atom is -0.316 e. The average molecular weight is 448 g/mol. The van der Waals surface area contributed by atoms with Crippen LogP contribution in [-0.2, 0) is 9.59 Å². The van der Waals surface area contributed by atoms with Crippen LogP contribution in [0.1, 0.15) is 11.1 Å². The summed E-state index contributed by atoms with van der Waals surface area (Å²) < 4.78 is 52.5. The number of nitrogens with zero attached hydrogens (tertiary/aromatic N) is 2. The fourth-order valence-corrected chi connectivity index (χ4v) is 3.36. The predicted octanol–water partition coefficient (Wildman–Crippen LogP) is 4.45. The summed E-state index contributed by atoms with van der Waals surface area (Å²) in [5, 5.41) is 0.880. The van der Waals surface area contributed by atoms with Gasteiger partial charge < -0.3 is 10.2 Å². The highest BCUT2D eigenvalue weighted by molar-refractivity contribution is 6.44. The van der Waals surface area contributed by atoms with E-state index in [1.54, 1.807) is 5.32 Å². The van der Waals surface area contributed by atoms with Crippen molar-refractivity contribution in [3.8, 4) is 0 Å². The molecule has 152 valence electrons. The van der Waals surface area contributed by atoms with Crippen LogP contribution in [-0.4, -0.2) is 37.3 Å². The van der Waals surface area contributed by atoms with E-state index in [4.69, 9.17) is 23.2 Å². The van der Waals surface area contributed by atoms with Crippen molar-refractivity contribution in [2.75, 3.05) is 23.8 Å². The lowest BCUT2D eigenvalue weighted by atomic mass is 9.98. The fraction of sp³-hybridized carbons (Fsp3) is 0.167. The van der Waals surface area contributed by atoms with E-state index in [1.807, 2.05) is 0 Å². The van der Waals surface area contributed by atoms with Crippen molar-refractivity contribution in [1.82, 2.24) is 0 Å². The van der Waals surface area contributed by atoms with Gasteiger partial charge in [0.1, 0.15) is 12.4 Å². The number of nitrogens with one attached hydrogen (secondary N) is 1. The Morgan fingerprint density at radius 2 is 1.90 bits per heavy atom. The summed E-state index contributed by atoms with van der Waals surface area (Å²) in [6, 6.07) is 6.66. The summed E-state index contributed by atoms with van der Waals surface area (Å²) in [6.07, 6.45) is -5.19. The zero-order valence-electron chi connectivity index (χ0n) is 14.6. The maximum Gasteiger partial charge on any atom is 0.471 e. The van der Waals surface area contributed by atoms with E-state index >= 15 is 0 Å². The van der Waals surface area contributed by atoms with Crippen LogP contribution in [0.25, 0.3) is 0 Å². The largest absolute Gasteiger partial charge is 0.471 e. The zero-order chi connectivity index (χ0) is 21.5. The van der Waals surface area contributed by atoms with Crippen LogP contribution >= 0.6 is 23.2 Å². The van der Waals surface area contributed by atoms with Crippen molar-refractivity contribution < 1.29 is 27.2 Å². The normalized spacial score (nSPS) is 14.2. The molecule has 0 aliphatic carbocycles. The van der Waals surface area contributed by atoms with Crippen LogP contribution in [0.2, 0.25) is 10.0 Å². The minimum absolute atomic E-state index is 0.0193. The van der Waals surface area contributed by atoms with Crippen molar-refractivity contribution >= 4 is 52.1 Å². The topological polar surface area (TPSA) is 61.8 Å². The molecular formula is C18H11Cl2F4N3O2. The number of carbonyl (C=O) groups is 2. The van der Waals surface area contributed by atoms with Crippen molar-refractivity contribution in [3.05, 3.63) is 57.3 Å². The first kappa shape index (κ1) is 21.1. The number of benzene rings is 2. The highest BCUT2D eigenvalue weighted by Crippen LogP contribution is 2.42. The van der Waals surface area contributed by atoms with Crippen molar-refractivity contribution in [3.63, 3.8) is 0 Å². The molecule has 0 aromatic heterocycles. The molecule has 0 spiro atoms. The van der Waals surface area contributed by atoms with Crippen molar-refractivity contribution in [2.24, 2.45) is 4.99 Å². The van der Waals surface area contributed by atoms with E-state index in [0.717, 1.165) is 17.0 Å². The third-order valence-corrected chi connectivity index (χ3v) is 4.84. The molecule has 1 N–H and O–H groups in total. The molecule has 2 aromatic carbocycles. The smallest absolute Gasteiger partial charge is 0.316 e. The standard InChI is InChI=1S/C18H11Cl2F4N3O2/c1-27-11-6-9(19)16(26-17(29)18(22,23)24)14(20)13(11)15(25-7-12(27)28)8-4-2-3-5-10(8)21/h2-6H,7H2,1H3,(H,26,29). The molecule has 0 saturated carbocycles. The Kier molecular flexibility index (Phi) is 5.55. The Hall–Kier alpha value is -2.65. The van der Waals surface area contributed by atoms with E-state index in [2.05, 4.69) is 4.99 Å². The number of hydrogen-bond acceptors (Lipinski definition) is 3. The number of benzodiazepines with no additional fused rings is 1. The molecular weight excluding hydrogens is 437 g/mol. The second-order valence-corrected chi connectivity index (χ2v) is 6.78. The molecule has 0 radical (unpaired) electrons. The molecule has 2 amide bonds. The molecule has 2 aromatic rings.